The molecule has 11 heteroatoms. The Morgan fingerprint density at radius 3 is 2.37 bits per heavy atom. The molecular weight excluding hydrogens is 552 g/mol. The van der Waals surface area contributed by atoms with Crippen LogP contribution < -0.4 is 35.6 Å². The van der Waals surface area contributed by atoms with Crippen LogP contribution in [0.15, 0.2) is 29.1 Å². The van der Waals surface area contributed by atoms with E-state index < -0.39 is 12.1 Å². The zero-order valence-corrected chi connectivity index (χ0v) is 25.8. The van der Waals surface area contributed by atoms with Gasteiger partial charge in [-0.25, -0.2) is 0 Å². The van der Waals surface area contributed by atoms with Crippen LogP contribution in [0.2, 0.25) is 0 Å². The van der Waals surface area contributed by atoms with E-state index in [9.17, 15) is 19.2 Å². The molecule has 43 heavy (non-hydrogen) atoms. The molecule has 1 aliphatic carbocycles. The lowest BCUT2D eigenvalue weighted by atomic mass is 9.95. The SMILES string of the molecule is COc1cc2c(c(OC)c1OC)-c1ccc(N[C@H](C(=O)NCCN3CCCC3=O)C(C)C)c(=O)cc1[C@@H](NC(C)=O)CC2. The van der Waals surface area contributed by atoms with E-state index in [0.29, 0.717) is 67.3 Å². The van der Waals surface area contributed by atoms with Crippen molar-refractivity contribution >= 4 is 23.4 Å². The molecule has 0 radical (unpaired) electrons. The summed E-state index contributed by atoms with van der Waals surface area (Å²) in [5.41, 5.74) is 2.94. The summed E-state index contributed by atoms with van der Waals surface area (Å²) in [7, 11) is 4.64. The Morgan fingerprint density at radius 2 is 1.77 bits per heavy atom. The van der Waals surface area contributed by atoms with Crippen LogP contribution in [0.25, 0.3) is 11.1 Å². The van der Waals surface area contributed by atoms with Crippen LogP contribution in [0.3, 0.4) is 0 Å². The van der Waals surface area contributed by atoms with Gasteiger partial charge in [0, 0.05) is 38.5 Å². The highest BCUT2D eigenvalue weighted by Gasteiger charge is 2.30. The van der Waals surface area contributed by atoms with E-state index in [-0.39, 0.29) is 34.8 Å². The second-order valence-electron chi connectivity index (χ2n) is 11.2. The molecule has 0 unspecified atom stereocenters. The molecule has 232 valence electrons. The van der Waals surface area contributed by atoms with Gasteiger partial charge in [0.1, 0.15) is 6.04 Å². The number of benzene rings is 1. The molecule has 11 nitrogen and oxygen atoms in total. The Hall–Kier alpha value is -4.28. The van der Waals surface area contributed by atoms with Gasteiger partial charge in [-0.05, 0) is 60.1 Å². The number of hydrogen-bond donors (Lipinski definition) is 3. The summed E-state index contributed by atoms with van der Waals surface area (Å²) in [6.07, 6.45) is 2.52. The highest BCUT2D eigenvalue weighted by atomic mass is 16.5. The van der Waals surface area contributed by atoms with Gasteiger partial charge in [-0.15, -0.1) is 0 Å². The molecule has 2 atom stereocenters. The van der Waals surface area contributed by atoms with Gasteiger partial charge in [0.15, 0.2) is 11.5 Å². The van der Waals surface area contributed by atoms with Crippen molar-refractivity contribution in [3.05, 3.63) is 45.6 Å². The number of nitrogens with one attached hydrogen (secondary N) is 3. The molecule has 2 aromatic rings. The van der Waals surface area contributed by atoms with E-state index in [2.05, 4.69) is 16.0 Å². The number of nitrogens with zero attached hydrogens (tertiary/aromatic N) is 1. The number of amides is 3. The summed E-state index contributed by atoms with van der Waals surface area (Å²) in [6.45, 7) is 6.74. The van der Waals surface area contributed by atoms with Crippen LogP contribution >= 0.6 is 0 Å². The van der Waals surface area contributed by atoms with Gasteiger partial charge < -0.3 is 35.1 Å². The Labute approximate surface area is 252 Å². The minimum atomic E-state index is -0.693. The van der Waals surface area contributed by atoms with Crippen LogP contribution in [0.4, 0.5) is 5.69 Å². The third-order valence-electron chi connectivity index (χ3n) is 8.03. The summed E-state index contributed by atoms with van der Waals surface area (Å²) < 4.78 is 17.1. The smallest absolute Gasteiger partial charge is 0.242 e. The maximum absolute atomic E-state index is 13.7. The van der Waals surface area contributed by atoms with Gasteiger partial charge in [0.05, 0.1) is 33.1 Å². The van der Waals surface area contributed by atoms with Crippen molar-refractivity contribution in [2.24, 2.45) is 5.92 Å². The number of hydrogen-bond acceptors (Lipinski definition) is 8. The van der Waals surface area contributed by atoms with E-state index in [0.717, 1.165) is 17.5 Å². The quantitative estimate of drug-likeness (QED) is 0.361. The first kappa shape index (κ1) is 31.7. The summed E-state index contributed by atoms with van der Waals surface area (Å²) in [5, 5.41) is 9.09. The molecule has 0 saturated carbocycles. The van der Waals surface area contributed by atoms with E-state index >= 15 is 0 Å². The molecule has 1 aliphatic heterocycles. The zero-order valence-electron chi connectivity index (χ0n) is 25.8. The topological polar surface area (TPSA) is 135 Å². The van der Waals surface area contributed by atoms with Crippen LogP contribution in [-0.4, -0.2) is 69.6 Å². The zero-order chi connectivity index (χ0) is 31.3. The molecule has 0 spiro atoms. The molecular formula is C32H42N4O7. The number of anilines is 1. The first-order chi connectivity index (χ1) is 20.6. The molecule has 2 aromatic carbocycles. The summed E-state index contributed by atoms with van der Waals surface area (Å²) >= 11 is 0. The average Bonchev–Trinajstić information content (AvgIpc) is 3.23. The van der Waals surface area contributed by atoms with E-state index in [1.165, 1.54) is 20.1 Å². The van der Waals surface area contributed by atoms with Crippen molar-refractivity contribution < 1.29 is 28.6 Å². The van der Waals surface area contributed by atoms with E-state index in [1.807, 2.05) is 26.0 Å². The highest BCUT2D eigenvalue weighted by molar-refractivity contribution is 5.86. The molecule has 3 N–H and O–H groups in total. The predicted molar refractivity (Wildman–Crippen MR) is 164 cm³/mol. The molecule has 3 amide bonds. The van der Waals surface area contributed by atoms with Crippen molar-refractivity contribution in [2.45, 2.75) is 58.5 Å². The first-order valence-corrected chi connectivity index (χ1v) is 14.7. The molecule has 2 aliphatic rings. The van der Waals surface area contributed by atoms with E-state index in [4.69, 9.17) is 14.2 Å². The van der Waals surface area contributed by atoms with Crippen molar-refractivity contribution in [1.29, 1.82) is 0 Å². The number of carbonyl (C=O) groups excluding carboxylic acids is 3. The van der Waals surface area contributed by atoms with E-state index in [1.54, 1.807) is 25.2 Å². The maximum Gasteiger partial charge on any atom is 0.242 e. The van der Waals surface area contributed by atoms with Crippen molar-refractivity contribution in [3.63, 3.8) is 0 Å². The Balaban J connectivity index is 1.74. The Bertz CT molecular complexity index is 1440. The van der Waals surface area contributed by atoms with Gasteiger partial charge in [0.25, 0.3) is 0 Å². The summed E-state index contributed by atoms with van der Waals surface area (Å²) in [4.78, 5) is 52.8. The van der Waals surface area contributed by atoms with Crippen LogP contribution in [-0.2, 0) is 20.8 Å². The molecule has 0 aromatic heterocycles. The Kier molecular flexibility index (Phi) is 10.2. The number of likely N-dealkylation sites (tertiary alicyclic amines) is 1. The first-order valence-electron chi connectivity index (χ1n) is 14.7. The fourth-order valence-electron chi connectivity index (χ4n) is 5.89. The van der Waals surface area contributed by atoms with Gasteiger partial charge in [-0.3, -0.25) is 19.2 Å². The second kappa shape index (κ2) is 13.8. The van der Waals surface area contributed by atoms with Crippen molar-refractivity contribution in [1.82, 2.24) is 15.5 Å². The minimum Gasteiger partial charge on any atom is -0.493 e. The second-order valence-corrected chi connectivity index (χ2v) is 11.2. The van der Waals surface area contributed by atoms with Gasteiger partial charge in [0.2, 0.25) is 28.9 Å². The largest absolute Gasteiger partial charge is 0.493 e. The highest BCUT2D eigenvalue weighted by Crippen LogP contribution is 2.50. The third-order valence-corrected chi connectivity index (χ3v) is 8.03. The fourth-order valence-corrected chi connectivity index (χ4v) is 5.89. The lowest BCUT2D eigenvalue weighted by Crippen LogP contribution is -2.46. The van der Waals surface area contributed by atoms with Gasteiger partial charge in [-0.1, -0.05) is 19.9 Å². The predicted octanol–water partition coefficient (Wildman–Crippen LogP) is 3.04. The standard InChI is InChI=1S/C32H42N4O7/c1-18(2)29(32(40)33-13-15-36-14-7-8-27(36)39)35-24-12-10-21-22(17-25(24)38)23(34-19(3)37)11-9-20-16-26(41-4)30(42-5)31(43-6)28(20)21/h10,12,16-18,23,29H,7-9,11,13-15H2,1-6H3,(H,33,40)(H,34,37)(H,35,38)/t23-,29-/m0/s1. The number of fused-ring (bicyclic) bond motifs is 3. The number of ether oxygens (including phenoxy) is 3. The fraction of sp³-hybridized carbons (Fsp3) is 0.500. The van der Waals surface area contributed by atoms with Crippen LogP contribution in [0.1, 0.15) is 57.2 Å². The molecule has 1 saturated heterocycles. The Morgan fingerprint density at radius 1 is 1.02 bits per heavy atom. The number of carbonyl (C=O) groups is 3. The molecule has 4 rings (SSSR count). The number of rotatable bonds is 11. The normalized spacial score (nSPS) is 16.5. The monoisotopic (exact) mass is 594 g/mol. The summed E-state index contributed by atoms with van der Waals surface area (Å²) in [5.74, 6) is 0.901. The molecule has 1 fully saturated rings. The molecule has 0 bridgehead atoms. The lowest BCUT2D eigenvalue weighted by Gasteiger charge is -2.23. The van der Waals surface area contributed by atoms with Crippen LogP contribution in [0, 0.1) is 5.92 Å². The lowest BCUT2D eigenvalue weighted by molar-refractivity contribution is -0.128. The van der Waals surface area contributed by atoms with Gasteiger partial charge >= 0.3 is 0 Å². The van der Waals surface area contributed by atoms with Crippen molar-refractivity contribution in [3.8, 4) is 28.4 Å². The maximum atomic E-state index is 13.7. The van der Waals surface area contributed by atoms with Crippen molar-refractivity contribution in [2.75, 3.05) is 46.3 Å². The number of aryl methyl sites for hydroxylation is 1. The average molecular weight is 595 g/mol. The summed E-state index contributed by atoms with van der Waals surface area (Å²) in [6, 6.07) is 5.78. The van der Waals surface area contributed by atoms with Crippen LogP contribution in [0.5, 0.6) is 17.2 Å². The number of methoxy groups -OCH3 is 3. The molecule has 1 heterocycles. The third kappa shape index (κ3) is 6.87. The minimum absolute atomic E-state index is 0.104. The van der Waals surface area contributed by atoms with Gasteiger partial charge in [-0.2, -0.15) is 0 Å².